The van der Waals surface area contributed by atoms with Crippen molar-refractivity contribution >= 4 is 17.0 Å². The van der Waals surface area contributed by atoms with Gasteiger partial charge in [-0.3, -0.25) is 4.79 Å². The van der Waals surface area contributed by atoms with Gasteiger partial charge >= 0.3 is 5.97 Å². The second-order valence-electron chi connectivity index (χ2n) is 4.82. The molecule has 0 aliphatic heterocycles. The highest BCUT2D eigenvalue weighted by Gasteiger charge is 2.17. The number of aryl methyl sites for hydroxylation is 1. The zero-order valence-corrected chi connectivity index (χ0v) is 13.2. The minimum absolute atomic E-state index is 0.121. The van der Waals surface area contributed by atoms with Crippen molar-refractivity contribution in [2.24, 2.45) is 0 Å². The van der Waals surface area contributed by atoms with Crippen LogP contribution in [0.15, 0.2) is 29.2 Å². The van der Waals surface area contributed by atoms with E-state index in [1.165, 1.54) is 7.11 Å². The maximum Gasteiger partial charge on any atom is 0.307 e. The maximum atomic E-state index is 12.2. The van der Waals surface area contributed by atoms with Gasteiger partial charge in [-0.25, -0.2) is 8.93 Å². The van der Waals surface area contributed by atoms with E-state index in [9.17, 15) is 9.00 Å². The van der Waals surface area contributed by atoms with E-state index >= 15 is 0 Å². The summed E-state index contributed by atoms with van der Waals surface area (Å²) >= 11 is 0. The number of hydrogen-bond acceptors (Lipinski definition) is 3. The molecule has 1 aromatic carbocycles. The van der Waals surface area contributed by atoms with E-state index in [4.69, 9.17) is 0 Å². The topological polar surface area (TPSA) is 55.4 Å². The van der Waals surface area contributed by atoms with Gasteiger partial charge in [0.1, 0.15) is 11.0 Å². The van der Waals surface area contributed by atoms with Gasteiger partial charge in [0, 0.05) is 6.04 Å². The van der Waals surface area contributed by atoms with Crippen LogP contribution in [0.5, 0.6) is 0 Å². The Kier molecular flexibility index (Phi) is 7.47. The molecule has 1 N–H and O–H groups in total. The van der Waals surface area contributed by atoms with E-state index in [1.807, 2.05) is 31.2 Å². The number of unbranched alkanes of at least 4 members (excludes halogenated alkanes) is 1. The number of methoxy groups -OCH3 is 1. The third-order valence-electron chi connectivity index (χ3n) is 3.06. The summed E-state index contributed by atoms with van der Waals surface area (Å²) < 4.78 is 20.0. The Balaban J connectivity index is 2.64. The molecule has 0 spiro atoms. The van der Waals surface area contributed by atoms with Crippen LogP contribution in [0.1, 0.15) is 38.2 Å². The fourth-order valence-corrected chi connectivity index (χ4v) is 2.84. The molecule has 0 saturated carbocycles. The van der Waals surface area contributed by atoms with Crippen LogP contribution in [0, 0.1) is 6.92 Å². The summed E-state index contributed by atoms with van der Waals surface area (Å²) in [5.41, 5.74) is 1.13. The van der Waals surface area contributed by atoms with Gasteiger partial charge in [0.05, 0.1) is 18.4 Å². The van der Waals surface area contributed by atoms with Crippen LogP contribution in [0.2, 0.25) is 0 Å². The van der Waals surface area contributed by atoms with E-state index in [0.717, 1.165) is 29.7 Å². The third-order valence-corrected chi connectivity index (χ3v) is 4.30. The van der Waals surface area contributed by atoms with Gasteiger partial charge in [0.15, 0.2) is 0 Å². The number of hydrogen-bond donors (Lipinski definition) is 1. The molecular formula is C15H23NO3S. The largest absolute Gasteiger partial charge is 0.469 e. The summed E-state index contributed by atoms with van der Waals surface area (Å²) in [7, 11) is 0.0698. The van der Waals surface area contributed by atoms with E-state index < -0.39 is 11.0 Å². The summed E-state index contributed by atoms with van der Waals surface area (Å²) in [5, 5.41) is 0. The Labute approximate surface area is 123 Å². The van der Waals surface area contributed by atoms with Crippen molar-refractivity contribution in [1.82, 2.24) is 4.72 Å². The van der Waals surface area contributed by atoms with E-state index in [2.05, 4.69) is 16.4 Å². The van der Waals surface area contributed by atoms with Crippen LogP contribution in [-0.4, -0.2) is 23.3 Å². The Morgan fingerprint density at radius 3 is 2.55 bits per heavy atom. The fourth-order valence-electron chi connectivity index (χ4n) is 1.82. The first kappa shape index (κ1) is 16.9. The van der Waals surface area contributed by atoms with Gasteiger partial charge in [-0.2, -0.15) is 0 Å². The molecule has 0 amide bonds. The second kappa shape index (κ2) is 8.87. The monoisotopic (exact) mass is 297 g/mol. The molecular weight excluding hydrogens is 274 g/mol. The Bertz CT molecular complexity index is 445. The maximum absolute atomic E-state index is 12.2. The molecule has 1 unspecified atom stereocenters. The summed E-state index contributed by atoms with van der Waals surface area (Å²) in [6, 6.07) is 7.41. The lowest BCUT2D eigenvalue weighted by molar-refractivity contribution is -0.141. The molecule has 5 heteroatoms. The van der Waals surface area contributed by atoms with Crippen LogP contribution in [0.4, 0.5) is 0 Å². The summed E-state index contributed by atoms with van der Waals surface area (Å²) in [4.78, 5) is 12.1. The SMILES string of the molecule is CCCC[C@H](CC(=O)OC)NS(=O)c1ccc(C)cc1. The molecule has 1 rings (SSSR count). The number of carbonyl (C=O) groups is 1. The first-order chi connectivity index (χ1) is 9.56. The van der Waals surface area contributed by atoms with E-state index in [0.29, 0.717) is 0 Å². The van der Waals surface area contributed by atoms with Crippen molar-refractivity contribution in [2.75, 3.05) is 7.11 Å². The van der Waals surface area contributed by atoms with Gasteiger partial charge in [-0.1, -0.05) is 37.5 Å². The number of ether oxygens (including phenoxy) is 1. The lowest BCUT2D eigenvalue weighted by Gasteiger charge is -2.16. The molecule has 0 aliphatic carbocycles. The number of nitrogens with one attached hydrogen (secondary N) is 1. The van der Waals surface area contributed by atoms with Crippen molar-refractivity contribution in [3.63, 3.8) is 0 Å². The lowest BCUT2D eigenvalue weighted by atomic mass is 10.1. The molecule has 0 aliphatic rings. The zero-order chi connectivity index (χ0) is 15.0. The van der Waals surface area contributed by atoms with Crippen LogP contribution >= 0.6 is 0 Å². The summed E-state index contributed by atoms with van der Waals surface area (Å²) in [6.45, 7) is 4.08. The van der Waals surface area contributed by atoms with Crippen molar-refractivity contribution < 1.29 is 13.7 Å². The molecule has 112 valence electrons. The third kappa shape index (κ3) is 5.84. The van der Waals surface area contributed by atoms with Gasteiger partial charge in [-0.15, -0.1) is 0 Å². The minimum atomic E-state index is -1.30. The van der Waals surface area contributed by atoms with Crippen LogP contribution in [0.25, 0.3) is 0 Å². The first-order valence-electron chi connectivity index (χ1n) is 6.88. The van der Waals surface area contributed by atoms with Gasteiger partial charge in [0.2, 0.25) is 0 Å². The van der Waals surface area contributed by atoms with Gasteiger partial charge < -0.3 is 4.74 Å². The molecule has 20 heavy (non-hydrogen) atoms. The van der Waals surface area contributed by atoms with Crippen LogP contribution < -0.4 is 4.72 Å². The van der Waals surface area contributed by atoms with Crippen LogP contribution in [-0.2, 0) is 20.5 Å². The Morgan fingerprint density at radius 2 is 2.00 bits per heavy atom. The molecule has 0 radical (unpaired) electrons. The minimum Gasteiger partial charge on any atom is -0.469 e. The molecule has 0 bridgehead atoms. The Hall–Kier alpha value is -1.20. The highest BCUT2D eigenvalue weighted by atomic mass is 32.2. The number of esters is 1. The van der Waals surface area contributed by atoms with Crippen molar-refractivity contribution in [3.05, 3.63) is 29.8 Å². The second-order valence-corrected chi connectivity index (χ2v) is 6.06. The normalized spacial score (nSPS) is 13.8. The average molecular weight is 297 g/mol. The smallest absolute Gasteiger partial charge is 0.307 e. The first-order valence-corrected chi connectivity index (χ1v) is 8.03. The number of carbonyl (C=O) groups excluding carboxylic acids is 1. The molecule has 0 fully saturated rings. The highest BCUT2D eigenvalue weighted by molar-refractivity contribution is 7.83. The standard InChI is InChI=1S/C15H23NO3S/c1-4-5-6-13(11-15(17)19-3)16-20(18)14-9-7-12(2)8-10-14/h7-10,13,16H,4-6,11H2,1-3H3/t13-,20?/m1/s1. The Morgan fingerprint density at radius 1 is 1.35 bits per heavy atom. The predicted molar refractivity (Wildman–Crippen MR) is 80.7 cm³/mol. The molecule has 1 aromatic rings. The molecule has 2 atom stereocenters. The van der Waals surface area contributed by atoms with Crippen molar-refractivity contribution in [1.29, 1.82) is 0 Å². The average Bonchev–Trinajstić information content (AvgIpc) is 2.45. The molecule has 0 saturated heterocycles. The lowest BCUT2D eigenvalue weighted by Crippen LogP contribution is -2.33. The van der Waals surface area contributed by atoms with Gasteiger partial charge in [0.25, 0.3) is 0 Å². The highest BCUT2D eigenvalue weighted by Crippen LogP contribution is 2.11. The van der Waals surface area contributed by atoms with Crippen molar-refractivity contribution in [3.8, 4) is 0 Å². The quantitative estimate of drug-likeness (QED) is 0.751. The molecule has 0 heterocycles. The summed E-state index contributed by atoms with van der Waals surface area (Å²) in [6.07, 6.45) is 3.08. The zero-order valence-electron chi connectivity index (χ0n) is 12.3. The fraction of sp³-hybridized carbons (Fsp3) is 0.533. The number of benzene rings is 1. The van der Waals surface area contributed by atoms with Crippen molar-refractivity contribution in [2.45, 2.75) is 50.5 Å². The molecule has 4 nitrogen and oxygen atoms in total. The predicted octanol–water partition coefficient (Wildman–Crippen LogP) is 2.73. The van der Waals surface area contributed by atoms with Gasteiger partial charge in [-0.05, 0) is 25.5 Å². The van der Waals surface area contributed by atoms with Crippen LogP contribution in [0.3, 0.4) is 0 Å². The van der Waals surface area contributed by atoms with E-state index in [-0.39, 0.29) is 18.4 Å². The summed E-state index contributed by atoms with van der Waals surface area (Å²) in [5.74, 6) is -0.278. The van der Waals surface area contributed by atoms with E-state index in [1.54, 1.807) is 0 Å². The number of rotatable bonds is 8. The molecule has 0 aromatic heterocycles.